The molecule has 1 aliphatic heterocycles. The van der Waals surface area contributed by atoms with Gasteiger partial charge in [0.05, 0.1) is 10.7 Å². The molecule has 19 heavy (non-hydrogen) atoms. The monoisotopic (exact) mass is 360 g/mol. The second-order valence-electron chi connectivity index (χ2n) is 3.75. The SMILES string of the molecule is O=S1(=O)N=C(n2ccnc2)Nc2cc(Cl)c(Br)cc21. The van der Waals surface area contributed by atoms with Gasteiger partial charge in [0.2, 0.25) is 5.96 Å². The smallest absolute Gasteiger partial charge is 0.287 e. The molecule has 2 heterocycles. The topological polar surface area (TPSA) is 76.3 Å². The van der Waals surface area contributed by atoms with E-state index >= 15 is 0 Å². The first-order valence-corrected chi connectivity index (χ1v) is 7.68. The molecule has 3 rings (SSSR count). The van der Waals surface area contributed by atoms with Crippen molar-refractivity contribution in [2.45, 2.75) is 4.90 Å². The lowest BCUT2D eigenvalue weighted by Crippen LogP contribution is -2.27. The first-order valence-electron chi connectivity index (χ1n) is 5.07. The van der Waals surface area contributed by atoms with Crippen molar-refractivity contribution < 1.29 is 8.42 Å². The number of anilines is 1. The van der Waals surface area contributed by atoms with Crippen LogP contribution >= 0.6 is 27.5 Å². The lowest BCUT2D eigenvalue weighted by molar-refractivity contribution is 0.597. The van der Waals surface area contributed by atoms with Crippen molar-refractivity contribution in [2.24, 2.45) is 4.40 Å². The number of hydrogen-bond donors (Lipinski definition) is 1. The molecule has 0 amide bonds. The maximum atomic E-state index is 12.1. The Hall–Kier alpha value is -1.38. The number of benzene rings is 1. The van der Waals surface area contributed by atoms with Crippen molar-refractivity contribution >= 4 is 49.2 Å². The van der Waals surface area contributed by atoms with Gasteiger partial charge in [0.25, 0.3) is 10.0 Å². The Morgan fingerprint density at radius 1 is 1.37 bits per heavy atom. The summed E-state index contributed by atoms with van der Waals surface area (Å²) in [5.41, 5.74) is 0.381. The Morgan fingerprint density at radius 2 is 2.16 bits per heavy atom. The van der Waals surface area contributed by atoms with E-state index in [4.69, 9.17) is 11.6 Å². The van der Waals surface area contributed by atoms with E-state index in [0.717, 1.165) is 0 Å². The van der Waals surface area contributed by atoms with Crippen LogP contribution in [-0.2, 0) is 10.0 Å². The summed E-state index contributed by atoms with van der Waals surface area (Å²) in [5.74, 6) is 0.156. The minimum atomic E-state index is -3.77. The highest BCUT2D eigenvalue weighted by Crippen LogP contribution is 2.35. The first kappa shape index (κ1) is 12.6. The van der Waals surface area contributed by atoms with Crippen molar-refractivity contribution in [1.82, 2.24) is 9.55 Å². The van der Waals surface area contributed by atoms with Crippen LogP contribution in [-0.4, -0.2) is 23.9 Å². The molecule has 1 aromatic heterocycles. The molecule has 0 spiro atoms. The van der Waals surface area contributed by atoms with Crippen molar-refractivity contribution in [3.8, 4) is 0 Å². The maximum absolute atomic E-state index is 12.1. The van der Waals surface area contributed by atoms with Crippen molar-refractivity contribution in [3.05, 3.63) is 40.3 Å². The second-order valence-corrected chi connectivity index (χ2v) is 6.58. The Labute approximate surface area is 122 Å². The number of halogens is 2. The average Bonchev–Trinajstić information content (AvgIpc) is 2.84. The summed E-state index contributed by atoms with van der Waals surface area (Å²) >= 11 is 9.16. The van der Waals surface area contributed by atoms with Crippen molar-refractivity contribution in [2.75, 3.05) is 5.32 Å². The van der Waals surface area contributed by atoms with Crippen LogP contribution in [0.3, 0.4) is 0 Å². The van der Waals surface area contributed by atoms with Crippen LogP contribution in [0, 0.1) is 0 Å². The standard InChI is InChI=1S/C10H6BrClN4O2S/c11-6-3-9-8(4-7(6)12)14-10(15-19(9,17)18)16-2-1-13-5-16/h1-5H,(H,14,15). The second kappa shape index (κ2) is 4.32. The largest absolute Gasteiger partial charge is 0.323 e. The predicted octanol–water partition coefficient (Wildman–Crippen LogP) is 2.32. The molecule has 0 aliphatic carbocycles. The Bertz CT molecular complexity index is 786. The van der Waals surface area contributed by atoms with E-state index in [1.807, 2.05) is 0 Å². The summed E-state index contributed by atoms with van der Waals surface area (Å²) in [7, 11) is -3.77. The van der Waals surface area contributed by atoms with E-state index in [9.17, 15) is 8.42 Å². The fourth-order valence-electron chi connectivity index (χ4n) is 1.64. The van der Waals surface area contributed by atoms with Crippen LogP contribution in [0.2, 0.25) is 5.02 Å². The van der Waals surface area contributed by atoms with Gasteiger partial charge in [-0.05, 0) is 28.1 Å². The van der Waals surface area contributed by atoms with Gasteiger partial charge in [-0.2, -0.15) is 8.42 Å². The third-order valence-corrected chi connectivity index (χ3v) is 5.01. The number of nitrogens with zero attached hydrogens (tertiary/aromatic N) is 3. The van der Waals surface area contributed by atoms with Crippen molar-refractivity contribution in [3.63, 3.8) is 0 Å². The van der Waals surface area contributed by atoms with Gasteiger partial charge in [-0.1, -0.05) is 11.6 Å². The van der Waals surface area contributed by atoms with Crippen LogP contribution in [0.15, 0.2) is 44.6 Å². The summed E-state index contributed by atoms with van der Waals surface area (Å²) < 4.78 is 29.9. The van der Waals surface area contributed by atoms with E-state index in [1.165, 1.54) is 29.2 Å². The highest BCUT2D eigenvalue weighted by Gasteiger charge is 2.26. The molecule has 0 bridgehead atoms. The van der Waals surface area contributed by atoms with Gasteiger partial charge in [0.15, 0.2) is 0 Å². The van der Waals surface area contributed by atoms with Crippen LogP contribution in [0.25, 0.3) is 0 Å². The van der Waals surface area contributed by atoms with Crippen molar-refractivity contribution in [1.29, 1.82) is 0 Å². The fraction of sp³-hybridized carbons (Fsp3) is 0. The number of imidazole rings is 1. The molecular formula is C10H6BrClN4O2S. The molecule has 98 valence electrons. The average molecular weight is 362 g/mol. The number of fused-ring (bicyclic) bond motifs is 1. The molecule has 0 saturated carbocycles. The van der Waals surface area contributed by atoms with Gasteiger partial charge >= 0.3 is 0 Å². The van der Waals surface area contributed by atoms with Crippen LogP contribution in [0.1, 0.15) is 0 Å². The Kier molecular flexibility index (Phi) is 2.88. The van der Waals surface area contributed by atoms with Crippen LogP contribution in [0.5, 0.6) is 0 Å². The van der Waals surface area contributed by atoms with Gasteiger partial charge < -0.3 is 5.32 Å². The molecule has 0 atom stereocenters. The van der Waals surface area contributed by atoms with Crippen LogP contribution < -0.4 is 5.32 Å². The van der Waals surface area contributed by atoms with E-state index in [0.29, 0.717) is 15.2 Å². The summed E-state index contributed by atoms with van der Waals surface area (Å²) in [6.07, 6.45) is 4.57. The zero-order valence-corrected chi connectivity index (χ0v) is 12.4. The summed E-state index contributed by atoms with van der Waals surface area (Å²) in [6, 6.07) is 2.96. The normalized spacial score (nSPS) is 16.4. The molecule has 1 aromatic carbocycles. The van der Waals surface area contributed by atoms with Gasteiger partial charge in [0, 0.05) is 16.9 Å². The number of sulfonamides is 1. The zero-order chi connectivity index (χ0) is 13.6. The molecule has 0 radical (unpaired) electrons. The zero-order valence-electron chi connectivity index (χ0n) is 9.21. The third kappa shape index (κ3) is 2.15. The van der Waals surface area contributed by atoms with Gasteiger partial charge in [0.1, 0.15) is 11.2 Å². The number of rotatable bonds is 0. The van der Waals surface area contributed by atoms with E-state index in [1.54, 1.807) is 6.20 Å². The minimum Gasteiger partial charge on any atom is -0.323 e. The number of hydrogen-bond acceptors (Lipinski definition) is 4. The first-order chi connectivity index (χ1) is 8.97. The third-order valence-electron chi connectivity index (χ3n) is 2.50. The molecule has 0 fully saturated rings. The van der Waals surface area contributed by atoms with E-state index in [-0.39, 0.29) is 10.9 Å². The molecule has 1 N–H and O–H groups in total. The molecule has 0 unspecified atom stereocenters. The molecule has 1 aliphatic rings. The van der Waals surface area contributed by atoms with Gasteiger partial charge in [-0.25, -0.2) is 4.98 Å². The molecule has 9 heteroatoms. The summed E-state index contributed by atoms with van der Waals surface area (Å²) in [4.78, 5) is 3.92. The predicted molar refractivity (Wildman–Crippen MR) is 75.0 cm³/mol. The van der Waals surface area contributed by atoms with Gasteiger partial charge in [-0.15, -0.1) is 4.40 Å². The lowest BCUT2D eigenvalue weighted by Gasteiger charge is -2.18. The Morgan fingerprint density at radius 3 is 2.84 bits per heavy atom. The maximum Gasteiger partial charge on any atom is 0.287 e. The highest BCUT2D eigenvalue weighted by atomic mass is 79.9. The lowest BCUT2D eigenvalue weighted by atomic mass is 10.3. The number of nitrogens with one attached hydrogen (secondary N) is 1. The van der Waals surface area contributed by atoms with E-state index in [2.05, 4.69) is 30.6 Å². The summed E-state index contributed by atoms with van der Waals surface area (Å²) in [5, 5.41) is 3.32. The molecular weight excluding hydrogens is 356 g/mol. The highest BCUT2D eigenvalue weighted by molar-refractivity contribution is 9.10. The summed E-state index contributed by atoms with van der Waals surface area (Å²) in [6.45, 7) is 0. The molecule has 6 nitrogen and oxygen atoms in total. The molecule has 0 saturated heterocycles. The van der Waals surface area contributed by atoms with Gasteiger partial charge in [-0.3, -0.25) is 4.57 Å². The molecule has 2 aromatic rings. The van der Waals surface area contributed by atoms with Crippen LogP contribution in [0.4, 0.5) is 5.69 Å². The Balaban J connectivity index is 2.20. The fourth-order valence-corrected chi connectivity index (χ4v) is 3.42. The van der Waals surface area contributed by atoms with E-state index < -0.39 is 10.0 Å². The quantitative estimate of drug-likeness (QED) is 0.781. The minimum absolute atomic E-state index is 0.0765. The number of aromatic nitrogens is 2.